The van der Waals surface area contributed by atoms with Crippen LogP contribution < -0.4 is 10.1 Å². The van der Waals surface area contributed by atoms with Crippen molar-refractivity contribution in [1.82, 2.24) is 15.3 Å². The van der Waals surface area contributed by atoms with Gasteiger partial charge in [0.15, 0.2) is 0 Å². The Bertz CT molecular complexity index is 941. The van der Waals surface area contributed by atoms with Gasteiger partial charge in [-0.25, -0.2) is 4.98 Å². The van der Waals surface area contributed by atoms with Crippen molar-refractivity contribution in [3.8, 4) is 5.88 Å². The summed E-state index contributed by atoms with van der Waals surface area (Å²) in [5, 5.41) is 4.18. The van der Waals surface area contributed by atoms with Gasteiger partial charge in [-0.2, -0.15) is 0 Å². The van der Waals surface area contributed by atoms with Crippen molar-refractivity contribution < 1.29 is 9.47 Å². The number of rotatable bonds is 8. The lowest BCUT2D eigenvalue weighted by Gasteiger charge is -2.46. The van der Waals surface area contributed by atoms with Crippen molar-refractivity contribution in [2.24, 2.45) is 0 Å². The highest BCUT2D eigenvalue weighted by atomic mass is 35.5. The Morgan fingerprint density at radius 3 is 2.64 bits per heavy atom. The van der Waals surface area contributed by atoms with Crippen LogP contribution in [0.3, 0.4) is 0 Å². The molecule has 1 spiro atoms. The molecule has 1 N–H and O–H groups in total. The third-order valence-corrected chi connectivity index (χ3v) is 8.51. The van der Waals surface area contributed by atoms with Crippen LogP contribution in [-0.2, 0) is 16.7 Å². The molecule has 2 aromatic rings. The van der Waals surface area contributed by atoms with E-state index < -0.39 is 0 Å². The lowest BCUT2D eigenvalue weighted by Crippen LogP contribution is -2.47. The molecule has 3 fully saturated rings. The molecule has 3 heterocycles. The van der Waals surface area contributed by atoms with Gasteiger partial charge >= 0.3 is 0 Å². The fourth-order valence-corrected chi connectivity index (χ4v) is 6.36. The second kappa shape index (κ2) is 9.89. The maximum atomic E-state index is 6.42. The Morgan fingerprint density at radius 1 is 1.12 bits per heavy atom. The van der Waals surface area contributed by atoms with E-state index in [1.54, 1.807) is 7.11 Å². The fourth-order valence-electron chi connectivity index (χ4n) is 6.09. The molecule has 5 nitrogen and oxygen atoms in total. The van der Waals surface area contributed by atoms with Crippen molar-refractivity contribution >= 4 is 11.6 Å². The first-order valence-electron chi connectivity index (χ1n) is 12.6. The van der Waals surface area contributed by atoms with Crippen LogP contribution in [0, 0.1) is 0 Å². The number of ether oxygens (including phenoxy) is 2. The number of nitrogens with zero attached hydrogens (tertiary/aromatic N) is 2. The molecule has 0 unspecified atom stereocenters. The van der Waals surface area contributed by atoms with Crippen LogP contribution in [0.2, 0.25) is 5.02 Å². The van der Waals surface area contributed by atoms with E-state index in [4.69, 9.17) is 26.1 Å². The second-order valence-electron chi connectivity index (χ2n) is 10.3. The van der Waals surface area contributed by atoms with Crippen molar-refractivity contribution in [3.05, 3.63) is 52.4 Å². The van der Waals surface area contributed by atoms with Gasteiger partial charge in [-0.1, -0.05) is 36.9 Å². The highest BCUT2D eigenvalue weighted by Gasteiger charge is 2.48. The fraction of sp³-hybridized carbons (Fsp3) is 0.630. The lowest BCUT2D eigenvalue weighted by molar-refractivity contribution is -0.104. The molecule has 5 rings (SSSR count). The van der Waals surface area contributed by atoms with E-state index in [-0.39, 0.29) is 11.0 Å². The summed E-state index contributed by atoms with van der Waals surface area (Å²) in [6.45, 7) is 2.50. The van der Waals surface area contributed by atoms with Crippen LogP contribution in [0.1, 0.15) is 86.9 Å². The van der Waals surface area contributed by atoms with Gasteiger partial charge in [0.05, 0.1) is 12.7 Å². The number of nitrogens with one attached hydrogen (secondary N) is 1. The maximum Gasteiger partial charge on any atom is 0.232 e. The standard InChI is InChI=1S/C27H36ClN3O2/c1-32-25-23(28)15-20(17-31-25)16-29-13-11-26(12-14-33-27(19-26)9-2-3-10-27)24-8-7-22(18-30-24)21-5-4-6-21/h7-8,15,17-18,21,29H,2-6,9-14,16,19H2,1H3/t26-/m1/s1. The Hall–Kier alpha value is -1.69. The molecule has 2 saturated carbocycles. The number of hydrogen-bond acceptors (Lipinski definition) is 5. The summed E-state index contributed by atoms with van der Waals surface area (Å²) in [6, 6.07) is 6.61. The van der Waals surface area contributed by atoms with E-state index in [9.17, 15) is 0 Å². The van der Waals surface area contributed by atoms with Gasteiger partial charge in [0, 0.05) is 36.7 Å². The van der Waals surface area contributed by atoms with E-state index in [0.29, 0.717) is 10.9 Å². The number of halogens is 1. The summed E-state index contributed by atoms with van der Waals surface area (Å²) >= 11 is 6.25. The van der Waals surface area contributed by atoms with Crippen molar-refractivity contribution in [1.29, 1.82) is 0 Å². The highest BCUT2D eigenvalue weighted by molar-refractivity contribution is 6.31. The Kier molecular flexibility index (Phi) is 6.91. The van der Waals surface area contributed by atoms with Crippen LogP contribution >= 0.6 is 11.6 Å². The minimum Gasteiger partial charge on any atom is -0.480 e. The average molecular weight is 470 g/mol. The Morgan fingerprint density at radius 2 is 1.97 bits per heavy atom. The minimum atomic E-state index is 0.0556. The van der Waals surface area contributed by atoms with Gasteiger partial charge in [0.25, 0.3) is 0 Å². The van der Waals surface area contributed by atoms with Gasteiger partial charge in [-0.05, 0) is 80.7 Å². The molecule has 33 heavy (non-hydrogen) atoms. The van der Waals surface area contributed by atoms with Crippen LogP contribution in [0.4, 0.5) is 0 Å². The number of aromatic nitrogens is 2. The summed E-state index contributed by atoms with van der Waals surface area (Å²) in [5.41, 5.74) is 3.88. The Balaban J connectivity index is 1.29. The predicted molar refractivity (Wildman–Crippen MR) is 131 cm³/mol. The van der Waals surface area contributed by atoms with Crippen molar-refractivity contribution in [2.45, 2.75) is 87.7 Å². The van der Waals surface area contributed by atoms with Crippen LogP contribution in [0.25, 0.3) is 0 Å². The lowest BCUT2D eigenvalue weighted by atomic mass is 9.67. The molecule has 0 bridgehead atoms. The molecule has 1 saturated heterocycles. The predicted octanol–water partition coefficient (Wildman–Crippen LogP) is 5.95. The number of methoxy groups -OCH3 is 1. The van der Waals surface area contributed by atoms with Gasteiger partial charge in [-0.3, -0.25) is 4.98 Å². The molecule has 1 atom stereocenters. The van der Waals surface area contributed by atoms with Crippen LogP contribution in [0.5, 0.6) is 5.88 Å². The quantitative estimate of drug-likeness (QED) is 0.484. The van der Waals surface area contributed by atoms with E-state index in [0.717, 1.165) is 50.4 Å². The zero-order valence-electron chi connectivity index (χ0n) is 19.7. The van der Waals surface area contributed by atoms with E-state index in [1.165, 1.54) is 56.2 Å². The van der Waals surface area contributed by atoms with Gasteiger partial charge in [-0.15, -0.1) is 0 Å². The van der Waals surface area contributed by atoms with Gasteiger partial charge in [0.2, 0.25) is 5.88 Å². The average Bonchev–Trinajstić information content (AvgIpc) is 3.23. The molecule has 2 aliphatic carbocycles. The first-order chi connectivity index (χ1) is 16.1. The Labute approximate surface area is 202 Å². The molecule has 0 radical (unpaired) electrons. The zero-order valence-corrected chi connectivity index (χ0v) is 20.5. The van der Waals surface area contributed by atoms with E-state index in [2.05, 4.69) is 28.6 Å². The zero-order chi connectivity index (χ0) is 22.7. The first-order valence-corrected chi connectivity index (χ1v) is 13.0. The maximum absolute atomic E-state index is 6.42. The van der Waals surface area contributed by atoms with Crippen LogP contribution in [0.15, 0.2) is 30.6 Å². The monoisotopic (exact) mass is 469 g/mol. The molecular formula is C27H36ClN3O2. The summed E-state index contributed by atoms with van der Waals surface area (Å²) in [5.74, 6) is 1.20. The molecule has 3 aliphatic rings. The van der Waals surface area contributed by atoms with Crippen LogP contribution in [-0.4, -0.2) is 35.8 Å². The molecule has 2 aromatic heterocycles. The minimum absolute atomic E-state index is 0.0556. The number of hydrogen-bond donors (Lipinski definition) is 1. The molecule has 6 heteroatoms. The summed E-state index contributed by atoms with van der Waals surface area (Å²) in [4.78, 5) is 9.36. The normalized spacial score (nSPS) is 24.7. The molecule has 0 amide bonds. The largest absolute Gasteiger partial charge is 0.480 e. The SMILES string of the molecule is COc1ncc(CNCC[C@@]2(c3ccc(C4CCC4)cn3)CCOC3(CCCC3)C2)cc1Cl. The number of pyridine rings is 2. The van der Waals surface area contributed by atoms with E-state index >= 15 is 0 Å². The molecule has 1 aliphatic heterocycles. The van der Waals surface area contributed by atoms with Crippen molar-refractivity contribution in [2.75, 3.05) is 20.3 Å². The summed E-state index contributed by atoms with van der Waals surface area (Å²) < 4.78 is 11.6. The summed E-state index contributed by atoms with van der Waals surface area (Å²) in [6.07, 6.45) is 16.1. The van der Waals surface area contributed by atoms with E-state index in [1.807, 2.05) is 12.3 Å². The smallest absolute Gasteiger partial charge is 0.232 e. The summed E-state index contributed by atoms with van der Waals surface area (Å²) in [7, 11) is 1.59. The molecular weight excluding hydrogens is 434 g/mol. The van der Waals surface area contributed by atoms with Crippen molar-refractivity contribution in [3.63, 3.8) is 0 Å². The first kappa shape index (κ1) is 23.1. The molecule has 0 aromatic carbocycles. The van der Waals surface area contributed by atoms with Gasteiger partial charge < -0.3 is 14.8 Å². The third kappa shape index (κ3) is 4.91. The highest BCUT2D eigenvalue weighted by Crippen LogP contribution is 2.50. The second-order valence-corrected chi connectivity index (χ2v) is 10.7. The molecule has 178 valence electrons. The third-order valence-electron chi connectivity index (χ3n) is 8.24. The topological polar surface area (TPSA) is 56.3 Å². The van der Waals surface area contributed by atoms with Gasteiger partial charge in [0.1, 0.15) is 5.02 Å².